The van der Waals surface area contributed by atoms with E-state index in [-0.39, 0.29) is 11.6 Å². The lowest BCUT2D eigenvalue weighted by Gasteiger charge is -2.13. The largest absolute Gasteiger partial charge is 0.322 e. The molecule has 0 radical (unpaired) electrons. The van der Waals surface area contributed by atoms with Gasteiger partial charge in [-0.3, -0.25) is 4.79 Å². The maximum atomic E-state index is 14.0. The Kier molecular flexibility index (Phi) is 6.50. The molecule has 0 heterocycles. The zero-order valence-electron chi connectivity index (χ0n) is 15.0. The highest BCUT2D eigenvalue weighted by atomic mass is 32.2. The van der Waals surface area contributed by atoms with Gasteiger partial charge >= 0.3 is 0 Å². The Hall–Kier alpha value is -2.25. The second kappa shape index (κ2) is 8.42. The Morgan fingerprint density at radius 1 is 1.12 bits per heavy atom. The van der Waals surface area contributed by atoms with E-state index in [1.807, 2.05) is 26.0 Å². The monoisotopic (exact) mass is 378 g/mol. The van der Waals surface area contributed by atoms with Crippen molar-refractivity contribution in [2.24, 2.45) is 0 Å². The highest BCUT2D eigenvalue weighted by Crippen LogP contribution is 2.19. The van der Waals surface area contributed by atoms with Crippen molar-refractivity contribution in [3.63, 3.8) is 0 Å². The lowest BCUT2D eigenvalue weighted by Crippen LogP contribution is -2.32. The number of halogens is 1. The average Bonchev–Trinajstić information content (AvgIpc) is 2.62. The summed E-state index contributed by atoms with van der Waals surface area (Å²) in [7, 11) is -4.05. The van der Waals surface area contributed by atoms with E-state index in [4.69, 9.17) is 0 Å². The van der Waals surface area contributed by atoms with Gasteiger partial charge in [0.05, 0.1) is 0 Å². The summed E-state index contributed by atoms with van der Waals surface area (Å²) in [4.78, 5) is 11.9. The van der Waals surface area contributed by atoms with Gasteiger partial charge < -0.3 is 5.32 Å². The van der Waals surface area contributed by atoms with Gasteiger partial charge in [-0.2, -0.15) is 0 Å². The molecule has 0 saturated carbocycles. The van der Waals surface area contributed by atoms with Gasteiger partial charge in [0.1, 0.15) is 10.7 Å². The zero-order chi connectivity index (χ0) is 19.3. The molecule has 0 bridgehead atoms. The summed E-state index contributed by atoms with van der Waals surface area (Å²) in [5.41, 5.74) is 1.78. The van der Waals surface area contributed by atoms with E-state index in [9.17, 15) is 17.6 Å². The molecule has 0 aliphatic heterocycles. The van der Waals surface area contributed by atoms with Crippen molar-refractivity contribution >= 4 is 21.6 Å². The van der Waals surface area contributed by atoms with Gasteiger partial charge in [0.2, 0.25) is 10.0 Å². The van der Waals surface area contributed by atoms with Crippen LogP contribution in [0.5, 0.6) is 0 Å². The number of carbonyl (C=O) groups excluding carboxylic acids is 1. The molecular formula is C19H23FN2O3S. The predicted octanol–water partition coefficient (Wildman–Crippen LogP) is 3.72. The third-order valence-corrected chi connectivity index (χ3v) is 5.68. The molecule has 2 aromatic carbocycles. The van der Waals surface area contributed by atoms with Crippen LogP contribution in [-0.2, 0) is 16.4 Å². The zero-order valence-corrected chi connectivity index (χ0v) is 15.9. The Bertz CT molecular complexity index is 880. The minimum Gasteiger partial charge on any atom is -0.322 e. The van der Waals surface area contributed by atoms with Crippen LogP contribution in [0.25, 0.3) is 0 Å². The highest BCUT2D eigenvalue weighted by molar-refractivity contribution is 7.89. The molecule has 5 nitrogen and oxygen atoms in total. The number of anilines is 1. The SMILES string of the molecule is CCc1ccc(NC(=O)c2ccc(F)c(S(=O)(=O)N[C@@H](C)CC)c2)cc1. The molecule has 7 heteroatoms. The third-order valence-electron chi connectivity index (χ3n) is 4.07. The van der Waals surface area contributed by atoms with Crippen LogP contribution in [0.2, 0.25) is 0 Å². The molecular weight excluding hydrogens is 355 g/mol. The standard InChI is InChI=1S/C19H23FN2O3S/c1-4-13(3)22-26(24,25)18-12-15(8-11-17(18)20)19(23)21-16-9-6-14(5-2)7-10-16/h6-13,22H,4-5H2,1-3H3,(H,21,23)/t13-/m0/s1. The van der Waals surface area contributed by atoms with E-state index in [1.54, 1.807) is 19.1 Å². The molecule has 0 unspecified atom stereocenters. The van der Waals surface area contributed by atoms with Gasteiger partial charge in [-0.25, -0.2) is 17.5 Å². The molecule has 0 aliphatic rings. The van der Waals surface area contributed by atoms with Gasteiger partial charge in [0.25, 0.3) is 5.91 Å². The fourth-order valence-electron chi connectivity index (χ4n) is 2.29. The first-order valence-corrected chi connectivity index (χ1v) is 9.97. The van der Waals surface area contributed by atoms with Crippen molar-refractivity contribution in [2.75, 3.05) is 5.32 Å². The molecule has 0 aromatic heterocycles. The molecule has 0 spiro atoms. The van der Waals surface area contributed by atoms with Gasteiger partial charge in [-0.05, 0) is 55.7 Å². The molecule has 1 amide bonds. The maximum Gasteiger partial charge on any atom is 0.255 e. The summed E-state index contributed by atoms with van der Waals surface area (Å²) in [5.74, 6) is -1.40. The van der Waals surface area contributed by atoms with Crippen LogP contribution in [0.1, 0.15) is 43.1 Å². The Morgan fingerprint density at radius 3 is 2.35 bits per heavy atom. The number of nitrogens with one attached hydrogen (secondary N) is 2. The van der Waals surface area contributed by atoms with Gasteiger partial charge in [0, 0.05) is 17.3 Å². The number of aryl methyl sites for hydroxylation is 1. The summed E-state index contributed by atoms with van der Waals surface area (Å²) >= 11 is 0. The van der Waals surface area contributed by atoms with Crippen LogP contribution in [0.4, 0.5) is 10.1 Å². The number of amides is 1. The predicted molar refractivity (Wildman–Crippen MR) is 100 cm³/mol. The molecule has 0 aliphatic carbocycles. The third kappa shape index (κ3) is 4.89. The van der Waals surface area contributed by atoms with Crippen LogP contribution in [-0.4, -0.2) is 20.4 Å². The molecule has 0 saturated heterocycles. The molecule has 1 atom stereocenters. The van der Waals surface area contributed by atoms with Crippen LogP contribution >= 0.6 is 0 Å². The van der Waals surface area contributed by atoms with E-state index in [0.717, 1.165) is 24.1 Å². The number of carbonyl (C=O) groups is 1. The Labute approximate surface area is 153 Å². The van der Waals surface area contributed by atoms with Crippen molar-refractivity contribution in [3.8, 4) is 0 Å². The lowest BCUT2D eigenvalue weighted by atomic mass is 10.1. The maximum absolute atomic E-state index is 14.0. The lowest BCUT2D eigenvalue weighted by molar-refractivity contribution is 0.102. The van der Waals surface area contributed by atoms with Crippen molar-refractivity contribution in [1.29, 1.82) is 0 Å². The summed E-state index contributed by atoms with van der Waals surface area (Å²) < 4.78 is 41.1. The van der Waals surface area contributed by atoms with Gasteiger partial charge in [-0.15, -0.1) is 0 Å². The first-order chi connectivity index (χ1) is 12.3. The quantitative estimate of drug-likeness (QED) is 0.771. The topological polar surface area (TPSA) is 75.3 Å². The Morgan fingerprint density at radius 2 is 1.77 bits per heavy atom. The van der Waals surface area contributed by atoms with E-state index in [1.165, 1.54) is 6.07 Å². The van der Waals surface area contributed by atoms with E-state index in [2.05, 4.69) is 10.0 Å². The van der Waals surface area contributed by atoms with E-state index in [0.29, 0.717) is 12.1 Å². The highest BCUT2D eigenvalue weighted by Gasteiger charge is 2.22. The summed E-state index contributed by atoms with van der Waals surface area (Å²) in [6.45, 7) is 5.53. The number of benzene rings is 2. The van der Waals surface area contributed by atoms with Crippen LogP contribution in [0.3, 0.4) is 0 Å². The smallest absolute Gasteiger partial charge is 0.255 e. The molecule has 140 valence electrons. The molecule has 2 N–H and O–H groups in total. The first-order valence-electron chi connectivity index (χ1n) is 8.49. The second-order valence-corrected chi connectivity index (χ2v) is 7.76. The van der Waals surface area contributed by atoms with E-state index >= 15 is 0 Å². The molecule has 26 heavy (non-hydrogen) atoms. The molecule has 2 rings (SSSR count). The Balaban J connectivity index is 2.26. The summed E-state index contributed by atoms with van der Waals surface area (Å²) in [6, 6.07) is 10.3. The summed E-state index contributed by atoms with van der Waals surface area (Å²) in [6.07, 6.45) is 1.45. The number of hydrogen-bond acceptors (Lipinski definition) is 3. The van der Waals surface area contributed by atoms with Crippen molar-refractivity contribution in [3.05, 3.63) is 59.4 Å². The number of sulfonamides is 1. The normalized spacial score (nSPS) is 12.6. The van der Waals surface area contributed by atoms with Gasteiger partial charge in [0.15, 0.2) is 0 Å². The van der Waals surface area contributed by atoms with Gasteiger partial charge in [-0.1, -0.05) is 26.0 Å². The van der Waals surface area contributed by atoms with Crippen molar-refractivity contribution < 1.29 is 17.6 Å². The average molecular weight is 378 g/mol. The van der Waals surface area contributed by atoms with E-state index < -0.39 is 26.6 Å². The van der Waals surface area contributed by atoms with Crippen LogP contribution in [0, 0.1) is 5.82 Å². The molecule has 0 fully saturated rings. The number of rotatable bonds is 7. The van der Waals surface area contributed by atoms with Crippen LogP contribution in [0.15, 0.2) is 47.4 Å². The van der Waals surface area contributed by atoms with Crippen molar-refractivity contribution in [2.45, 2.75) is 44.6 Å². The molecule has 2 aromatic rings. The minimum atomic E-state index is -4.05. The fraction of sp³-hybridized carbons (Fsp3) is 0.316. The summed E-state index contributed by atoms with van der Waals surface area (Å²) in [5, 5.41) is 2.68. The number of hydrogen-bond donors (Lipinski definition) is 2. The fourth-order valence-corrected chi connectivity index (χ4v) is 3.72. The minimum absolute atomic E-state index is 0.0653. The van der Waals surface area contributed by atoms with Crippen molar-refractivity contribution in [1.82, 2.24) is 4.72 Å². The first kappa shape index (κ1) is 20.1. The second-order valence-electron chi connectivity index (χ2n) is 6.08. The van der Waals surface area contributed by atoms with Crippen LogP contribution < -0.4 is 10.0 Å².